The van der Waals surface area contributed by atoms with Crippen LogP contribution in [-0.2, 0) is 9.59 Å². The molecule has 5 heteroatoms. The van der Waals surface area contributed by atoms with Gasteiger partial charge in [0.1, 0.15) is 5.25 Å². The molecule has 1 rings (SSSR count). The lowest BCUT2D eigenvalue weighted by Crippen LogP contribution is -2.19. The zero-order valence-corrected chi connectivity index (χ0v) is 12.2. The molecule has 0 bridgehead atoms. The van der Waals surface area contributed by atoms with Gasteiger partial charge < -0.3 is 10.4 Å². The van der Waals surface area contributed by atoms with Gasteiger partial charge in [-0.1, -0.05) is 32.9 Å². The average Bonchev–Trinajstić information content (AvgIpc) is 2.37. The first-order valence-corrected chi connectivity index (χ1v) is 7.13. The molecule has 104 valence electrons. The van der Waals surface area contributed by atoms with Gasteiger partial charge in [0.25, 0.3) is 0 Å². The molecule has 0 heterocycles. The van der Waals surface area contributed by atoms with E-state index >= 15 is 0 Å². The minimum Gasteiger partial charge on any atom is -0.480 e. The zero-order valence-electron chi connectivity index (χ0n) is 11.3. The summed E-state index contributed by atoms with van der Waals surface area (Å²) in [4.78, 5) is 23.6. The predicted octanol–water partition coefficient (Wildman–Crippen LogP) is 3.24. The van der Waals surface area contributed by atoms with Crippen LogP contribution in [0.25, 0.3) is 0 Å². The molecule has 0 aliphatic carbocycles. The molecule has 4 nitrogen and oxygen atoms in total. The summed E-state index contributed by atoms with van der Waals surface area (Å²) in [6, 6.07) is 7.27. The maximum atomic E-state index is 11.7. The van der Waals surface area contributed by atoms with E-state index in [4.69, 9.17) is 5.11 Å². The predicted molar refractivity (Wildman–Crippen MR) is 77.5 cm³/mol. The lowest BCUT2D eigenvalue weighted by atomic mass is 10.2. The molecule has 1 aromatic carbocycles. The van der Waals surface area contributed by atoms with Crippen LogP contribution in [0.15, 0.2) is 29.2 Å². The summed E-state index contributed by atoms with van der Waals surface area (Å²) in [7, 11) is 0. The first kappa shape index (κ1) is 15.6. The van der Waals surface area contributed by atoms with E-state index in [-0.39, 0.29) is 11.8 Å². The molecule has 1 amide bonds. The van der Waals surface area contributed by atoms with Crippen molar-refractivity contribution >= 4 is 29.3 Å². The Hall–Kier alpha value is -1.49. The van der Waals surface area contributed by atoms with Gasteiger partial charge in [-0.15, -0.1) is 11.8 Å². The Morgan fingerprint density at radius 2 is 1.95 bits per heavy atom. The first-order valence-electron chi connectivity index (χ1n) is 6.25. The molecule has 0 radical (unpaired) electrons. The number of anilines is 1. The summed E-state index contributed by atoms with van der Waals surface area (Å²) >= 11 is 1.26. The number of carboxylic acids is 1. The summed E-state index contributed by atoms with van der Waals surface area (Å²) in [5.41, 5.74) is 0.672. The molecule has 1 atom stereocenters. The summed E-state index contributed by atoms with van der Waals surface area (Å²) in [5, 5.41) is 11.4. The fourth-order valence-corrected chi connectivity index (χ4v) is 2.39. The van der Waals surface area contributed by atoms with Gasteiger partial charge in [0.05, 0.1) is 5.69 Å². The summed E-state index contributed by atoms with van der Waals surface area (Å²) < 4.78 is 0. The normalized spacial score (nSPS) is 12.2. The van der Waals surface area contributed by atoms with E-state index in [0.29, 0.717) is 12.1 Å². The Balaban J connectivity index is 2.89. The van der Waals surface area contributed by atoms with Crippen LogP contribution in [0.2, 0.25) is 0 Å². The van der Waals surface area contributed by atoms with Crippen LogP contribution in [-0.4, -0.2) is 22.2 Å². The van der Waals surface area contributed by atoms with E-state index in [2.05, 4.69) is 5.32 Å². The van der Waals surface area contributed by atoms with Crippen molar-refractivity contribution in [3.05, 3.63) is 24.3 Å². The Bertz CT molecular complexity index is 460. The van der Waals surface area contributed by atoms with Crippen LogP contribution in [0, 0.1) is 5.92 Å². The second-order valence-corrected chi connectivity index (χ2v) is 5.74. The summed E-state index contributed by atoms with van der Waals surface area (Å²) in [5.74, 6) is -1.02. The van der Waals surface area contributed by atoms with E-state index in [0.717, 1.165) is 4.90 Å². The highest BCUT2D eigenvalue weighted by atomic mass is 32.2. The second kappa shape index (κ2) is 7.19. The second-order valence-electron chi connectivity index (χ2n) is 4.49. The van der Waals surface area contributed by atoms with Gasteiger partial charge in [-0.05, 0) is 18.6 Å². The number of carboxylic acid groups (broad SMARTS) is 1. The van der Waals surface area contributed by atoms with Gasteiger partial charge in [-0.2, -0.15) is 0 Å². The van der Waals surface area contributed by atoms with Crippen LogP contribution < -0.4 is 5.32 Å². The van der Waals surface area contributed by atoms with Gasteiger partial charge in [-0.25, -0.2) is 0 Å². The molecule has 0 aliphatic rings. The maximum absolute atomic E-state index is 11.7. The lowest BCUT2D eigenvalue weighted by Gasteiger charge is -2.15. The molecule has 0 aliphatic heterocycles. The lowest BCUT2D eigenvalue weighted by molar-refractivity contribution is -0.136. The van der Waals surface area contributed by atoms with Crippen molar-refractivity contribution in [1.29, 1.82) is 0 Å². The minimum absolute atomic E-state index is 0.0728. The third-order valence-corrected chi connectivity index (χ3v) is 4.01. The van der Waals surface area contributed by atoms with Crippen molar-refractivity contribution in [2.75, 3.05) is 5.32 Å². The van der Waals surface area contributed by atoms with Crippen LogP contribution in [0.3, 0.4) is 0 Å². The highest BCUT2D eigenvalue weighted by molar-refractivity contribution is 8.00. The smallest absolute Gasteiger partial charge is 0.316 e. The SMILES string of the molecule is CC[C@@H](Sc1ccccc1NC(=O)C(C)C)C(=O)O. The van der Waals surface area contributed by atoms with Crippen molar-refractivity contribution in [3.63, 3.8) is 0 Å². The third-order valence-electron chi connectivity index (χ3n) is 2.58. The molecule has 0 spiro atoms. The van der Waals surface area contributed by atoms with Crippen LogP contribution in [0.1, 0.15) is 27.2 Å². The Morgan fingerprint density at radius 3 is 2.47 bits per heavy atom. The average molecular weight is 281 g/mol. The van der Waals surface area contributed by atoms with Gasteiger partial charge in [-0.3, -0.25) is 9.59 Å². The van der Waals surface area contributed by atoms with Crippen molar-refractivity contribution in [2.24, 2.45) is 5.92 Å². The van der Waals surface area contributed by atoms with E-state index < -0.39 is 11.2 Å². The van der Waals surface area contributed by atoms with E-state index in [9.17, 15) is 9.59 Å². The van der Waals surface area contributed by atoms with Gasteiger partial charge in [0, 0.05) is 10.8 Å². The third kappa shape index (κ3) is 4.59. The molecular formula is C14H19NO3S. The fourth-order valence-electron chi connectivity index (χ4n) is 1.41. The van der Waals surface area contributed by atoms with Crippen molar-refractivity contribution in [3.8, 4) is 0 Å². The molecule has 1 aromatic rings. The quantitative estimate of drug-likeness (QED) is 0.786. The molecular weight excluding hydrogens is 262 g/mol. The van der Waals surface area contributed by atoms with Gasteiger partial charge in [0.2, 0.25) is 5.91 Å². The highest BCUT2D eigenvalue weighted by Crippen LogP contribution is 2.32. The van der Waals surface area contributed by atoms with E-state index in [1.165, 1.54) is 11.8 Å². The summed E-state index contributed by atoms with van der Waals surface area (Å²) in [6.45, 7) is 5.47. The Morgan fingerprint density at radius 1 is 1.32 bits per heavy atom. The zero-order chi connectivity index (χ0) is 14.4. The van der Waals surface area contributed by atoms with Crippen molar-refractivity contribution in [2.45, 2.75) is 37.3 Å². The summed E-state index contributed by atoms with van der Waals surface area (Å²) in [6.07, 6.45) is 0.534. The number of aliphatic carboxylic acids is 1. The van der Waals surface area contributed by atoms with Crippen molar-refractivity contribution < 1.29 is 14.7 Å². The number of carbonyl (C=O) groups excluding carboxylic acids is 1. The molecule has 0 fully saturated rings. The number of benzene rings is 1. The van der Waals surface area contributed by atoms with Crippen LogP contribution in [0.4, 0.5) is 5.69 Å². The molecule has 0 saturated heterocycles. The number of amides is 1. The monoisotopic (exact) mass is 281 g/mol. The fraction of sp³-hybridized carbons (Fsp3) is 0.429. The molecule has 0 saturated carbocycles. The first-order chi connectivity index (χ1) is 8.95. The molecule has 19 heavy (non-hydrogen) atoms. The standard InChI is InChI=1S/C14H19NO3S/c1-4-11(14(17)18)19-12-8-6-5-7-10(12)15-13(16)9(2)3/h5-9,11H,4H2,1-3H3,(H,15,16)(H,17,18)/t11-/m1/s1. The van der Waals surface area contributed by atoms with E-state index in [1.54, 1.807) is 6.07 Å². The Kier molecular flexibility index (Phi) is 5.89. The molecule has 0 unspecified atom stereocenters. The number of nitrogens with one attached hydrogen (secondary N) is 1. The number of carbonyl (C=O) groups is 2. The number of rotatable bonds is 6. The van der Waals surface area contributed by atoms with Gasteiger partial charge in [0.15, 0.2) is 0 Å². The minimum atomic E-state index is -0.836. The highest BCUT2D eigenvalue weighted by Gasteiger charge is 2.19. The molecule has 2 N–H and O–H groups in total. The number of para-hydroxylation sites is 1. The molecule has 0 aromatic heterocycles. The number of hydrogen-bond acceptors (Lipinski definition) is 3. The van der Waals surface area contributed by atoms with E-state index in [1.807, 2.05) is 39.0 Å². The number of thioether (sulfide) groups is 1. The topological polar surface area (TPSA) is 66.4 Å². The van der Waals surface area contributed by atoms with Crippen LogP contribution in [0.5, 0.6) is 0 Å². The largest absolute Gasteiger partial charge is 0.480 e. The maximum Gasteiger partial charge on any atom is 0.316 e. The Labute approximate surface area is 117 Å². The van der Waals surface area contributed by atoms with Crippen LogP contribution >= 0.6 is 11.8 Å². The number of hydrogen-bond donors (Lipinski definition) is 2. The van der Waals surface area contributed by atoms with Crippen molar-refractivity contribution in [1.82, 2.24) is 0 Å². The van der Waals surface area contributed by atoms with Gasteiger partial charge >= 0.3 is 5.97 Å².